The molecular weight excluding hydrogens is 520 g/mol. The molecule has 1 fully saturated rings. The molecule has 2 aromatic carbocycles. The van der Waals surface area contributed by atoms with Gasteiger partial charge in [0.15, 0.2) is 0 Å². The minimum atomic E-state index is -4.97. The molecule has 0 aliphatic carbocycles. The van der Waals surface area contributed by atoms with Crippen molar-refractivity contribution in [3.05, 3.63) is 87.1 Å². The minimum Gasteiger partial charge on any atom is -0.375 e. The lowest BCUT2D eigenvalue weighted by atomic mass is 9.94. The normalized spacial score (nSPS) is 19.2. The summed E-state index contributed by atoms with van der Waals surface area (Å²) in [6.45, 7) is -0.659. The van der Waals surface area contributed by atoms with Crippen molar-refractivity contribution in [3.63, 3.8) is 0 Å². The number of ether oxygens (including phenoxy) is 1. The second-order valence-corrected chi connectivity index (χ2v) is 8.89. The molecule has 0 unspecified atom stereocenters. The first-order valence-electron chi connectivity index (χ1n) is 11.4. The molecule has 38 heavy (non-hydrogen) atoms. The zero-order valence-corrected chi connectivity index (χ0v) is 19.9. The maximum Gasteiger partial charge on any atom is 0.416 e. The Labute approximate surface area is 212 Å². The number of nitrogens with zero attached hydrogens (tertiary/aromatic N) is 3. The Kier molecular flexibility index (Phi) is 7.65. The molecule has 1 aromatic heterocycles. The third-order valence-corrected chi connectivity index (χ3v) is 6.24. The van der Waals surface area contributed by atoms with Gasteiger partial charge in [-0.2, -0.15) is 31.4 Å². The number of halogens is 6. The highest BCUT2D eigenvalue weighted by Gasteiger charge is 2.41. The van der Waals surface area contributed by atoms with E-state index in [2.05, 4.69) is 15.2 Å². The van der Waals surface area contributed by atoms with Crippen LogP contribution in [0.2, 0.25) is 0 Å². The van der Waals surface area contributed by atoms with Crippen molar-refractivity contribution in [2.45, 2.75) is 37.6 Å². The molecule has 1 saturated heterocycles. The lowest BCUT2D eigenvalue weighted by Gasteiger charge is -2.45. The number of aromatic nitrogens is 3. The predicted molar refractivity (Wildman–Crippen MR) is 121 cm³/mol. The SMILES string of the molecule is CN1C(=O)CN(Cc2n[nH]c(=O)[nH]2)[C@@H](c2ccccc2)[C@H]1COCc1cc(C(F)(F)F)cc(C(F)(F)F)c1. The Morgan fingerprint density at radius 2 is 1.63 bits per heavy atom. The van der Waals surface area contributed by atoms with E-state index in [1.165, 1.54) is 4.90 Å². The van der Waals surface area contributed by atoms with E-state index in [1.807, 2.05) is 12.1 Å². The van der Waals surface area contributed by atoms with Gasteiger partial charge in [-0.25, -0.2) is 9.89 Å². The van der Waals surface area contributed by atoms with Crippen molar-refractivity contribution < 1.29 is 35.9 Å². The number of amides is 1. The fourth-order valence-corrected chi connectivity index (χ4v) is 4.44. The van der Waals surface area contributed by atoms with E-state index in [0.29, 0.717) is 12.1 Å². The van der Waals surface area contributed by atoms with Gasteiger partial charge in [-0.3, -0.25) is 14.7 Å². The molecule has 1 aliphatic heterocycles. The summed E-state index contributed by atoms with van der Waals surface area (Å²) < 4.78 is 84.9. The Hall–Kier alpha value is -3.65. The highest BCUT2D eigenvalue weighted by atomic mass is 19.4. The Bertz CT molecular complexity index is 1290. The van der Waals surface area contributed by atoms with E-state index in [9.17, 15) is 35.9 Å². The summed E-state index contributed by atoms with van der Waals surface area (Å²) in [5, 5.41) is 6.15. The van der Waals surface area contributed by atoms with Crippen molar-refractivity contribution in [3.8, 4) is 0 Å². The Balaban J connectivity index is 1.59. The van der Waals surface area contributed by atoms with Crippen molar-refractivity contribution in [2.75, 3.05) is 20.2 Å². The number of benzene rings is 2. The maximum absolute atomic E-state index is 13.2. The lowest BCUT2D eigenvalue weighted by molar-refractivity contribution is -0.146. The van der Waals surface area contributed by atoms with Gasteiger partial charge in [0, 0.05) is 7.05 Å². The average Bonchev–Trinajstić information content (AvgIpc) is 3.25. The van der Waals surface area contributed by atoms with Crippen LogP contribution >= 0.6 is 0 Å². The quantitative estimate of drug-likeness (QED) is 0.443. The third-order valence-electron chi connectivity index (χ3n) is 6.24. The smallest absolute Gasteiger partial charge is 0.375 e. The first-order chi connectivity index (χ1) is 17.8. The highest BCUT2D eigenvalue weighted by molar-refractivity contribution is 5.79. The molecule has 0 spiro atoms. The molecule has 1 amide bonds. The van der Waals surface area contributed by atoms with Gasteiger partial charge in [0.2, 0.25) is 5.91 Å². The van der Waals surface area contributed by atoms with Gasteiger partial charge in [-0.05, 0) is 29.3 Å². The summed E-state index contributed by atoms with van der Waals surface area (Å²) in [5.74, 6) is -0.00121. The summed E-state index contributed by atoms with van der Waals surface area (Å²) in [6, 6.07) is 9.17. The summed E-state index contributed by atoms with van der Waals surface area (Å²) in [4.78, 5) is 30.0. The fraction of sp³-hybridized carbons (Fsp3) is 0.375. The molecule has 0 bridgehead atoms. The zero-order valence-electron chi connectivity index (χ0n) is 19.9. The van der Waals surface area contributed by atoms with E-state index >= 15 is 0 Å². The van der Waals surface area contributed by atoms with E-state index < -0.39 is 47.9 Å². The van der Waals surface area contributed by atoms with Crippen LogP contribution in [0.1, 0.15) is 34.1 Å². The van der Waals surface area contributed by atoms with Crippen LogP contribution in [0.5, 0.6) is 0 Å². The van der Waals surface area contributed by atoms with Crippen molar-refractivity contribution in [1.29, 1.82) is 0 Å². The molecule has 8 nitrogen and oxygen atoms in total. The first-order valence-corrected chi connectivity index (χ1v) is 11.4. The van der Waals surface area contributed by atoms with Gasteiger partial charge in [-0.1, -0.05) is 30.3 Å². The van der Waals surface area contributed by atoms with Gasteiger partial charge in [0.05, 0.1) is 49.5 Å². The molecular formula is C24H23F6N5O3. The number of hydrogen-bond acceptors (Lipinski definition) is 5. The maximum atomic E-state index is 13.2. The number of aromatic amines is 2. The second-order valence-electron chi connectivity index (χ2n) is 8.89. The molecule has 0 radical (unpaired) electrons. The van der Waals surface area contributed by atoms with Crippen LogP contribution in [0.25, 0.3) is 0 Å². The van der Waals surface area contributed by atoms with E-state index in [0.717, 1.165) is 5.56 Å². The number of carbonyl (C=O) groups is 1. The van der Waals surface area contributed by atoms with Crippen LogP contribution in [0, 0.1) is 0 Å². The summed E-state index contributed by atoms with van der Waals surface area (Å²) >= 11 is 0. The van der Waals surface area contributed by atoms with Crippen LogP contribution in [-0.2, 0) is 35.0 Å². The molecule has 0 saturated carbocycles. The predicted octanol–water partition coefficient (Wildman–Crippen LogP) is 3.74. The third kappa shape index (κ3) is 6.25. The molecule has 2 atom stereocenters. The van der Waals surface area contributed by atoms with Crippen molar-refractivity contribution >= 4 is 5.91 Å². The second kappa shape index (κ2) is 10.6. The fourth-order valence-electron chi connectivity index (χ4n) is 4.44. The Morgan fingerprint density at radius 1 is 1.00 bits per heavy atom. The first kappa shape index (κ1) is 27.4. The van der Waals surface area contributed by atoms with E-state index in [1.54, 1.807) is 30.1 Å². The average molecular weight is 543 g/mol. The largest absolute Gasteiger partial charge is 0.416 e. The molecule has 204 valence electrons. The minimum absolute atomic E-state index is 0.0238. The van der Waals surface area contributed by atoms with Crippen molar-refractivity contribution in [2.24, 2.45) is 0 Å². The van der Waals surface area contributed by atoms with Crippen LogP contribution in [0.15, 0.2) is 53.3 Å². The molecule has 3 aromatic rings. The highest BCUT2D eigenvalue weighted by Crippen LogP contribution is 2.37. The number of hydrogen-bond donors (Lipinski definition) is 2. The summed E-state index contributed by atoms with van der Waals surface area (Å²) in [6.07, 6.45) is -9.95. The van der Waals surface area contributed by atoms with E-state index in [-0.39, 0.29) is 43.1 Å². The zero-order chi connectivity index (χ0) is 27.7. The van der Waals surface area contributed by atoms with Gasteiger partial charge in [0.25, 0.3) is 0 Å². The number of rotatable bonds is 7. The van der Waals surface area contributed by atoms with Gasteiger partial charge in [0.1, 0.15) is 5.82 Å². The Morgan fingerprint density at radius 3 is 2.18 bits per heavy atom. The molecule has 14 heteroatoms. The summed E-state index contributed by atoms with van der Waals surface area (Å²) in [7, 11) is 1.55. The number of piperazine rings is 1. The number of likely N-dealkylation sites (N-methyl/N-ethyl adjacent to an activating group) is 1. The topological polar surface area (TPSA) is 94.3 Å². The molecule has 2 heterocycles. The van der Waals surface area contributed by atoms with Crippen LogP contribution in [-0.4, -0.2) is 57.1 Å². The van der Waals surface area contributed by atoms with Crippen molar-refractivity contribution in [1.82, 2.24) is 25.0 Å². The number of alkyl halides is 6. The van der Waals surface area contributed by atoms with Gasteiger partial charge >= 0.3 is 18.0 Å². The van der Waals surface area contributed by atoms with E-state index in [4.69, 9.17) is 4.74 Å². The van der Waals surface area contributed by atoms with Gasteiger partial charge in [-0.15, -0.1) is 0 Å². The number of nitrogens with one attached hydrogen (secondary N) is 2. The molecule has 4 rings (SSSR count). The van der Waals surface area contributed by atoms with Gasteiger partial charge < -0.3 is 9.64 Å². The number of carbonyl (C=O) groups excluding carboxylic acids is 1. The standard InChI is InChI=1S/C24H23F6N5O3/c1-34-18(13-38-12-14-7-16(23(25,26)27)9-17(8-14)24(28,29)30)21(15-5-3-2-4-6-15)35(11-20(34)36)10-19-31-22(37)33-32-19/h2-9,18,21H,10-13H2,1H3,(H2,31,32,33,37)/t18-,21+/m1/s1. The monoisotopic (exact) mass is 543 g/mol. The van der Waals surface area contributed by atoms with Crippen LogP contribution < -0.4 is 5.69 Å². The lowest BCUT2D eigenvalue weighted by Crippen LogP contribution is -2.57. The molecule has 2 N–H and O–H groups in total. The van der Waals surface area contributed by atoms with Crippen LogP contribution in [0.3, 0.4) is 0 Å². The number of H-pyrrole nitrogens is 2. The molecule has 1 aliphatic rings. The van der Waals surface area contributed by atoms with Crippen LogP contribution in [0.4, 0.5) is 26.3 Å². The summed E-state index contributed by atoms with van der Waals surface area (Å²) in [5.41, 5.74) is -2.90.